The molecule has 0 bridgehead atoms. The highest BCUT2D eigenvalue weighted by molar-refractivity contribution is 8.00. The van der Waals surface area contributed by atoms with Crippen LogP contribution in [0.5, 0.6) is 0 Å². The van der Waals surface area contributed by atoms with Gasteiger partial charge in [-0.25, -0.2) is 8.42 Å². The maximum absolute atomic E-state index is 12.8. The normalized spacial score (nSPS) is 15.4. The van der Waals surface area contributed by atoms with Crippen molar-refractivity contribution in [2.24, 2.45) is 0 Å². The maximum Gasteiger partial charge on any atom is 0.261 e. The molecule has 0 unspecified atom stereocenters. The van der Waals surface area contributed by atoms with E-state index in [1.807, 2.05) is 31.2 Å². The predicted octanol–water partition coefficient (Wildman–Crippen LogP) is 5.42. The molecule has 38 heavy (non-hydrogen) atoms. The number of benzene rings is 3. The summed E-state index contributed by atoms with van der Waals surface area (Å²) in [4.78, 5) is 27.1. The molecule has 1 atom stereocenters. The minimum atomic E-state index is -3.76. The quantitative estimate of drug-likeness (QED) is 0.305. The van der Waals surface area contributed by atoms with Gasteiger partial charge in [0.05, 0.1) is 23.5 Å². The van der Waals surface area contributed by atoms with Gasteiger partial charge in [-0.1, -0.05) is 24.3 Å². The summed E-state index contributed by atoms with van der Waals surface area (Å²) in [6, 6.07) is 23.8. The number of carbonyl (C=O) groups excluding carboxylic acids is 2. The Balaban J connectivity index is 1.23. The number of anilines is 2. The van der Waals surface area contributed by atoms with Gasteiger partial charge in [0.25, 0.3) is 15.9 Å². The van der Waals surface area contributed by atoms with E-state index in [1.165, 1.54) is 23.9 Å². The molecule has 0 spiro atoms. The second kappa shape index (κ2) is 10.8. The Bertz CT molecular complexity index is 1550. The molecule has 1 aliphatic heterocycles. The summed E-state index contributed by atoms with van der Waals surface area (Å²) in [5.74, 6) is 0.817. The zero-order chi connectivity index (χ0) is 26.7. The molecule has 10 heteroatoms. The number of hydrogen-bond donors (Lipinski definition) is 2. The van der Waals surface area contributed by atoms with Crippen molar-refractivity contribution in [1.82, 2.24) is 4.90 Å². The third kappa shape index (κ3) is 5.76. The lowest BCUT2D eigenvalue weighted by atomic mass is 10.1. The molecule has 0 radical (unpaired) electrons. The zero-order valence-electron chi connectivity index (χ0n) is 20.5. The lowest BCUT2D eigenvalue weighted by Crippen LogP contribution is -2.27. The summed E-state index contributed by atoms with van der Waals surface area (Å²) in [5.41, 5.74) is 3.25. The Kier molecular flexibility index (Phi) is 7.26. The summed E-state index contributed by atoms with van der Waals surface area (Å²) in [6.45, 7) is 2.27. The van der Waals surface area contributed by atoms with Crippen LogP contribution < -0.4 is 10.0 Å². The van der Waals surface area contributed by atoms with E-state index in [0.29, 0.717) is 35.0 Å². The summed E-state index contributed by atoms with van der Waals surface area (Å²) in [5, 5.41) is 2.63. The monoisotopic (exact) mass is 547 g/mol. The first-order valence-corrected chi connectivity index (χ1v) is 14.4. The zero-order valence-corrected chi connectivity index (χ0v) is 22.1. The maximum atomic E-state index is 12.8. The molecule has 2 amide bonds. The van der Waals surface area contributed by atoms with Crippen LogP contribution >= 0.6 is 11.8 Å². The van der Waals surface area contributed by atoms with Crippen molar-refractivity contribution in [2.75, 3.05) is 15.8 Å². The predicted molar refractivity (Wildman–Crippen MR) is 147 cm³/mol. The van der Waals surface area contributed by atoms with Gasteiger partial charge in [0.2, 0.25) is 5.91 Å². The van der Waals surface area contributed by atoms with E-state index in [-0.39, 0.29) is 22.1 Å². The average molecular weight is 548 g/mol. The third-order valence-corrected chi connectivity index (χ3v) is 8.68. The van der Waals surface area contributed by atoms with Gasteiger partial charge in [0.15, 0.2) is 0 Å². The second-order valence-corrected chi connectivity index (χ2v) is 11.6. The highest BCUT2D eigenvalue weighted by Gasteiger charge is 2.33. The van der Waals surface area contributed by atoms with Gasteiger partial charge in [0, 0.05) is 16.9 Å². The topological polar surface area (TPSA) is 109 Å². The lowest BCUT2D eigenvalue weighted by Gasteiger charge is -2.23. The van der Waals surface area contributed by atoms with E-state index in [1.54, 1.807) is 59.7 Å². The molecule has 1 aromatic heterocycles. The second-order valence-electron chi connectivity index (χ2n) is 8.84. The fourth-order valence-corrected chi connectivity index (χ4v) is 6.35. The smallest absolute Gasteiger partial charge is 0.261 e. The molecule has 3 aromatic carbocycles. The molecule has 1 fully saturated rings. The van der Waals surface area contributed by atoms with Crippen molar-refractivity contribution in [1.29, 1.82) is 0 Å². The van der Waals surface area contributed by atoms with E-state index < -0.39 is 10.0 Å². The van der Waals surface area contributed by atoms with Crippen LogP contribution in [0.1, 0.15) is 32.6 Å². The van der Waals surface area contributed by atoms with Gasteiger partial charge in [-0.2, -0.15) is 0 Å². The molecule has 8 nitrogen and oxygen atoms in total. The average Bonchev–Trinajstić information content (AvgIpc) is 3.54. The van der Waals surface area contributed by atoms with E-state index in [9.17, 15) is 18.0 Å². The fourth-order valence-electron chi connectivity index (χ4n) is 4.11. The first-order valence-electron chi connectivity index (χ1n) is 11.8. The summed E-state index contributed by atoms with van der Waals surface area (Å²) >= 11 is 1.53. The molecule has 0 aliphatic carbocycles. The Morgan fingerprint density at radius 2 is 1.76 bits per heavy atom. The van der Waals surface area contributed by atoms with Crippen molar-refractivity contribution in [2.45, 2.75) is 23.7 Å². The number of aryl methyl sites for hydroxylation is 1. The van der Waals surface area contributed by atoms with Crippen LogP contribution in [-0.2, 0) is 21.4 Å². The van der Waals surface area contributed by atoms with Crippen LogP contribution in [0.2, 0.25) is 0 Å². The van der Waals surface area contributed by atoms with Crippen LogP contribution in [0.4, 0.5) is 11.4 Å². The molecule has 0 saturated carbocycles. The number of nitrogens with zero attached hydrogens (tertiary/aromatic N) is 1. The molecule has 2 N–H and O–H groups in total. The largest absolute Gasteiger partial charge is 0.467 e. The standard InChI is InChI=1S/C28H25N3O5S2/c1-19-4-2-5-23(16-19)30-38(34,35)25-13-11-22(12-14-25)29-27(33)20-7-9-21(10-8-20)28-31(26(32)18-37-28)17-24-6-3-15-36-24/h2-16,28,30H,17-18H2,1H3,(H,29,33)/t28-/m0/s1. The minimum Gasteiger partial charge on any atom is -0.467 e. The molecular formula is C28H25N3O5S2. The molecule has 5 rings (SSSR count). The highest BCUT2D eigenvalue weighted by Crippen LogP contribution is 2.39. The van der Waals surface area contributed by atoms with E-state index in [4.69, 9.17) is 4.42 Å². The van der Waals surface area contributed by atoms with Gasteiger partial charge in [-0.15, -0.1) is 11.8 Å². The Labute approximate surface area is 225 Å². The molecule has 1 aliphatic rings. The number of sulfonamides is 1. The Morgan fingerprint density at radius 1 is 1.00 bits per heavy atom. The van der Waals surface area contributed by atoms with Crippen molar-refractivity contribution in [3.8, 4) is 0 Å². The Morgan fingerprint density at radius 3 is 2.45 bits per heavy atom. The van der Waals surface area contributed by atoms with Crippen LogP contribution in [-0.4, -0.2) is 30.9 Å². The van der Waals surface area contributed by atoms with E-state index in [2.05, 4.69) is 10.0 Å². The minimum absolute atomic E-state index is 0.0396. The number of rotatable bonds is 8. The molecule has 4 aromatic rings. The van der Waals surface area contributed by atoms with Crippen LogP contribution in [0.3, 0.4) is 0 Å². The van der Waals surface area contributed by atoms with Gasteiger partial charge < -0.3 is 14.6 Å². The van der Waals surface area contributed by atoms with Crippen LogP contribution in [0.15, 0.2) is 101 Å². The van der Waals surface area contributed by atoms with Crippen molar-refractivity contribution in [3.05, 3.63) is 114 Å². The van der Waals surface area contributed by atoms with Crippen molar-refractivity contribution >= 4 is 45.0 Å². The molecule has 2 heterocycles. The first-order chi connectivity index (χ1) is 18.3. The third-order valence-electron chi connectivity index (χ3n) is 6.03. The SMILES string of the molecule is Cc1cccc(NS(=O)(=O)c2ccc(NC(=O)c3ccc([C@@H]4SCC(=O)N4Cc4ccco4)cc3)cc2)c1. The number of furan rings is 1. The number of thioether (sulfide) groups is 1. The molecule has 194 valence electrons. The number of hydrogen-bond acceptors (Lipinski definition) is 6. The fraction of sp³-hybridized carbons (Fsp3) is 0.143. The van der Waals surface area contributed by atoms with Gasteiger partial charge in [0.1, 0.15) is 11.1 Å². The van der Waals surface area contributed by atoms with Crippen molar-refractivity contribution < 1.29 is 22.4 Å². The summed E-state index contributed by atoms with van der Waals surface area (Å²) in [7, 11) is -3.76. The van der Waals surface area contributed by atoms with Gasteiger partial charge in [-0.05, 0) is 78.7 Å². The number of carbonyl (C=O) groups is 2. The van der Waals surface area contributed by atoms with E-state index >= 15 is 0 Å². The van der Waals surface area contributed by atoms with Gasteiger partial charge in [-0.3, -0.25) is 14.3 Å². The van der Waals surface area contributed by atoms with Crippen molar-refractivity contribution in [3.63, 3.8) is 0 Å². The van der Waals surface area contributed by atoms with Gasteiger partial charge >= 0.3 is 0 Å². The molecular weight excluding hydrogens is 522 g/mol. The van der Waals surface area contributed by atoms with E-state index in [0.717, 1.165) is 11.1 Å². The Hall–Kier alpha value is -4.02. The van der Waals surface area contributed by atoms with Crippen LogP contribution in [0, 0.1) is 6.92 Å². The number of amides is 2. The van der Waals surface area contributed by atoms with Crippen LogP contribution in [0.25, 0.3) is 0 Å². The highest BCUT2D eigenvalue weighted by atomic mass is 32.2. The molecule has 1 saturated heterocycles. The summed E-state index contributed by atoms with van der Waals surface area (Å²) < 4.78 is 33.4. The lowest BCUT2D eigenvalue weighted by molar-refractivity contribution is -0.128. The summed E-state index contributed by atoms with van der Waals surface area (Å²) in [6.07, 6.45) is 1.58. The number of nitrogens with one attached hydrogen (secondary N) is 2. The first kappa shape index (κ1) is 25.6.